The lowest BCUT2D eigenvalue weighted by atomic mass is 9.96. The molecule has 3 unspecified atom stereocenters. The van der Waals surface area contributed by atoms with Gasteiger partial charge in [0.2, 0.25) is 0 Å². The standard InChI is InChI=1S/C19H32N2/c1-4-9-18-15-21(19(5-2)14-20-18)13-12-16(3)17-10-7-6-8-11-17/h6-8,10-11,16,18-20H,4-5,9,12-15H2,1-3H3. The van der Waals surface area contributed by atoms with E-state index in [-0.39, 0.29) is 0 Å². The Labute approximate surface area is 130 Å². The van der Waals surface area contributed by atoms with E-state index in [2.05, 4.69) is 61.3 Å². The molecule has 0 radical (unpaired) electrons. The van der Waals surface area contributed by atoms with Crippen molar-refractivity contribution >= 4 is 0 Å². The number of hydrogen-bond donors (Lipinski definition) is 1. The van der Waals surface area contributed by atoms with Crippen LogP contribution in [0.4, 0.5) is 0 Å². The van der Waals surface area contributed by atoms with Gasteiger partial charge in [0.05, 0.1) is 0 Å². The summed E-state index contributed by atoms with van der Waals surface area (Å²) in [5.41, 5.74) is 1.48. The number of nitrogens with zero attached hydrogens (tertiary/aromatic N) is 1. The fourth-order valence-electron chi connectivity index (χ4n) is 3.45. The maximum atomic E-state index is 3.73. The van der Waals surface area contributed by atoms with Crippen LogP contribution in [0.15, 0.2) is 30.3 Å². The lowest BCUT2D eigenvalue weighted by Gasteiger charge is -2.40. The van der Waals surface area contributed by atoms with Crippen molar-refractivity contribution < 1.29 is 0 Å². The van der Waals surface area contributed by atoms with E-state index in [0.717, 1.165) is 6.04 Å². The Morgan fingerprint density at radius 3 is 2.67 bits per heavy atom. The number of benzene rings is 1. The van der Waals surface area contributed by atoms with Gasteiger partial charge in [0.1, 0.15) is 0 Å². The van der Waals surface area contributed by atoms with Crippen LogP contribution in [0.3, 0.4) is 0 Å². The third kappa shape index (κ3) is 4.82. The monoisotopic (exact) mass is 288 g/mol. The van der Waals surface area contributed by atoms with Crippen LogP contribution in [0.25, 0.3) is 0 Å². The van der Waals surface area contributed by atoms with Crippen molar-refractivity contribution in [1.82, 2.24) is 10.2 Å². The average molecular weight is 288 g/mol. The topological polar surface area (TPSA) is 15.3 Å². The lowest BCUT2D eigenvalue weighted by Crippen LogP contribution is -2.56. The second kappa shape index (κ2) is 8.55. The minimum Gasteiger partial charge on any atom is -0.311 e. The van der Waals surface area contributed by atoms with Crippen LogP contribution in [0, 0.1) is 0 Å². The predicted molar refractivity (Wildman–Crippen MR) is 91.8 cm³/mol. The molecule has 1 aliphatic heterocycles. The van der Waals surface area contributed by atoms with E-state index in [1.807, 2.05) is 0 Å². The van der Waals surface area contributed by atoms with Crippen LogP contribution in [-0.2, 0) is 0 Å². The van der Waals surface area contributed by atoms with E-state index in [4.69, 9.17) is 0 Å². The summed E-state index contributed by atoms with van der Waals surface area (Å²) in [6, 6.07) is 12.4. The number of rotatable bonds is 7. The van der Waals surface area contributed by atoms with Crippen molar-refractivity contribution in [3.63, 3.8) is 0 Å². The van der Waals surface area contributed by atoms with Gasteiger partial charge in [-0.15, -0.1) is 0 Å². The molecule has 0 bridgehead atoms. The molecule has 1 aliphatic rings. The zero-order valence-corrected chi connectivity index (χ0v) is 14.0. The maximum absolute atomic E-state index is 3.73. The van der Waals surface area contributed by atoms with Crippen LogP contribution in [0.2, 0.25) is 0 Å². The van der Waals surface area contributed by atoms with Crippen LogP contribution in [0.1, 0.15) is 57.9 Å². The Morgan fingerprint density at radius 2 is 2.00 bits per heavy atom. The second-order valence-electron chi connectivity index (χ2n) is 6.55. The third-order valence-corrected chi connectivity index (χ3v) is 4.94. The zero-order valence-electron chi connectivity index (χ0n) is 14.0. The van der Waals surface area contributed by atoms with Gasteiger partial charge in [-0.2, -0.15) is 0 Å². The van der Waals surface area contributed by atoms with Gasteiger partial charge in [-0.25, -0.2) is 0 Å². The van der Waals surface area contributed by atoms with Crippen molar-refractivity contribution in [1.29, 1.82) is 0 Å². The molecule has 0 saturated carbocycles. The number of hydrogen-bond acceptors (Lipinski definition) is 2. The van der Waals surface area contributed by atoms with Crippen LogP contribution < -0.4 is 5.32 Å². The molecule has 1 aromatic carbocycles. The molecule has 21 heavy (non-hydrogen) atoms. The molecule has 1 aromatic rings. The first-order chi connectivity index (χ1) is 10.2. The zero-order chi connectivity index (χ0) is 15.1. The van der Waals surface area contributed by atoms with E-state index in [9.17, 15) is 0 Å². The molecule has 2 heteroatoms. The molecule has 2 nitrogen and oxygen atoms in total. The quantitative estimate of drug-likeness (QED) is 0.815. The molecule has 118 valence electrons. The Morgan fingerprint density at radius 1 is 1.24 bits per heavy atom. The molecule has 1 heterocycles. The van der Waals surface area contributed by atoms with Gasteiger partial charge in [0.15, 0.2) is 0 Å². The highest BCUT2D eigenvalue weighted by Crippen LogP contribution is 2.21. The minimum atomic E-state index is 0.656. The van der Waals surface area contributed by atoms with Crippen LogP contribution in [0.5, 0.6) is 0 Å². The summed E-state index contributed by atoms with van der Waals surface area (Å²) in [5.74, 6) is 0.656. The number of nitrogens with one attached hydrogen (secondary N) is 1. The molecular weight excluding hydrogens is 256 g/mol. The highest BCUT2D eigenvalue weighted by atomic mass is 15.2. The van der Waals surface area contributed by atoms with E-state index < -0.39 is 0 Å². The van der Waals surface area contributed by atoms with Gasteiger partial charge < -0.3 is 5.32 Å². The molecule has 0 spiro atoms. The summed E-state index contributed by atoms with van der Waals surface area (Å²) >= 11 is 0. The highest BCUT2D eigenvalue weighted by Gasteiger charge is 2.26. The summed E-state index contributed by atoms with van der Waals surface area (Å²) in [6.45, 7) is 10.6. The molecule has 1 saturated heterocycles. The summed E-state index contributed by atoms with van der Waals surface area (Å²) in [6.07, 6.45) is 5.11. The average Bonchev–Trinajstić information content (AvgIpc) is 2.54. The van der Waals surface area contributed by atoms with Crippen LogP contribution >= 0.6 is 0 Å². The normalized spacial score (nSPS) is 24.9. The first kappa shape index (κ1) is 16.5. The fourth-order valence-corrected chi connectivity index (χ4v) is 3.45. The fraction of sp³-hybridized carbons (Fsp3) is 0.684. The van der Waals surface area contributed by atoms with Crippen LogP contribution in [-0.4, -0.2) is 36.6 Å². The Bertz CT molecular complexity index is 390. The van der Waals surface area contributed by atoms with Gasteiger partial charge in [0, 0.05) is 25.2 Å². The first-order valence-electron chi connectivity index (χ1n) is 8.77. The van der Waals surface area contributed by atoms with E-state index in [0.29, 0.717) is 12.0 Å². The summed E-state index contributed by atoms with van der Waals surface area (Å²) < 4.78 is 0. The second-order valence-corrected chi connectivity index (χ2v) is 6.55. The predicted octanol–water partition coefficient (Wildman–Crippen LogP) is 4.03. The first-order valence-corrected chi connectivity index (χ1v) is 8.77. The smallest absolute Gasteiger partial charge is 0.0218 e. The molecule has 1 N–H and O–H groups in total. The van der Waals surface area contributed by atoms with Gasteiger partial charge in [-0.1, -0.05) is 57.5 Å². The van der Waals surface area contributed by atoms with Crippen molar-refractivity contribution in [3.05, 3.63) is 35.9 Å². The largest absolute Gasteiger partial charge is 0.311 e. The van der Waals surface area contributed by atoms with E-state index >= 15 is 0 Å². The SMILES string of the molecule is CCCC1CN(CCC(C)c2ccccc2)C(CC)CN1. The maximum Gasteiger partial charge on any atom is 0.0218 e. The molecule has 2 rings (SSSR count). The molecule has 0 amide bonds. The Hall–Kier alpha value is -0.860. The van der Waals surface area contributed by atoms with Gasteiger partial charge >= 0.3 is 0 Å². The van der Waals surface area contributed by atoms with Gasteiger partial charge in [-0.05, 0) is 37.3 Å². The van der Waals surface area contributed by atoms with Gasteiger partial charge in [0.25, 0.3) is 0 Å². The summed E-state index contributed by atoms with van der Waals surface area (Å²) in [5, 5.41) is 3.73. The van der Waals surface area contributed by atoms with Crippen molar-refractivity contribution in [2.24, 2.45) is 0 Å². The van der Waals surface area contributed by atoms with Gasteiger partial charge in [-0.3, -0.25) is 4.90 Å². The molecule has 0 aromatic heterocycles. The lowest BCUT2D eigenvalue weighted by molar-refractivity contribution is 0.119. The number of piperazine rings is 1. The molecule has 3 atom stereocenters. The summed E-state index contributed by atoms with van der Waals surface area (Å²) in [7, 11) is 0. The molecule has 0 aliphatic carbocycles. The Balaban J connectivity index is 1.86. The minimum absolute atomic E-state index is 0.656. The van der Waals surface area contributed by atoms with E-state index in [1.54, 1.807) is 0 Å². The van der Waals surface area contributed by atoms with E-state index in [1.165, 1.54) is 50.9 Å². The highest BCUT2D eigenvalue weighted by molar-refractivity contribution is 5.18. The van der Waals surface area contributed by atoms with Crippen molar-refractivity contribution in [2.75, 3.05) is 19.6 Å². The van der Waals surface area contributed by atoms with Crippen molar-refractivity contribution in [3.8, 4) is 0 Å². The third-order valence-electron chi connectivity index (χ3n) is 4.94. The molecule has 1 fully saturated rings. The summed E-state index contributed by atoms with van der Waals surface area (Å²) in [4.78, 5) is 2.73. The molecular formula is C19H32N2. The Kier molecular flexibility index (Phi) is 6.72. The van der Waals surface area contributed by atoms with Crippen molar-refractivity contribution in [2.45, 2.75) is 64.5 Å².